The van der Waals surface area contributed by atoms with Gasteiger partial charge in [0.1, 0.15) is 0 Å². The molecule has 3 amide bonds. The lowest BCUT2D eigenvalue weighted by Crippen LogP contribution is -2.30. The molecule has 0 aromatic heterocycles. The molecule has 0 atom stereocenters. The van der Waals surface area contributed by atoms with Crippen molar-refractivity contribution in [1.82, 2.24) is 10.2 Å². The second-order valence-corrected chi connectivity index (χ2v) is 8.96. The summed E-state index contributed by atoms with van der Waals surface area (Å²) in [4.78, 5) is 49.3. The minimum absolute atomic E-state index is 0.187. The second-order valence-electron chi connectivity index (χ2n) is 7.93. The van der Waals surface area contributed by atoms with Crippen LogP contribution in [0.2, 0.25) is 0 Å². The van der Waals surface area contributed by atoms with Gasteiger partial charge in [-0.15, -0.1) is 5.10 Å². The Morgan fingerprint density at radius 3 is 2.43 bits per heavy atom. The van der Waals surface area contributed by atoms with Crippen molar-refractivity contribution in [3.05, 3.63) is 81.8 Å². The Balaban J connectivity index is 1.21. The zero-order valence-electron chi connectivity index (χ0n) is 19.9. The van der Waals surface area contributed by atoms with Gasteiger partial charge in [-0.05, 0) is 54.4 Å². The molecule has 186 valence electrons. The number of unbranched alkanes of at least 4 members (excludes halogenated alkanes) is 2. The first-order valence-corrected chi connectivity index (χ1v) is 12.2. The average Bonchev–Trinajstić information content (AvgIpc) is 3.37. The number of carbonyl (C=O) groups excluding carboxylic acids is 4. The van der Waals surface area contributed by atoms with E-state index in [-0.39, 0.29) is 21.9 Å². The molecule has 0 saturated carbocycles. The summed E-state index contributed by atoms with van der Waals surface area (Å²) >= 11 is 1.00. The second kappa shape index (κ2) is 12.0. The first-order valence-electron chi connectivity index (χ1n) is 11.4. The molecule has 2 heterocycles. The minimum Gasteiger partial charge on any atom is -0.466 e. The van der Waals surface area contributed by atoms with Crippen molar-refractivity contribution < 1.29 is 23.9 Å². The van der Waals surface area contributed by atoms with Gasteiger partial charge in [-0.25, -0.2) is 4.79 Å². The summed E-state index contributed by atoms with van der Waals surface area (Å²) in [6, 6.07) is 14.3. The Labute approximate surface area is 217 Å². The van der Waals surface area contributed by atoms with E-state index >= 15 is 0 Å². The van der Waals surface area contributed by atoms with E-state index in [9.17, 15) is 19.2 Å². The first kappa shape index (κ1) is 25.6. The zero-order chi connectivity index (χ0) is 26.2. The number of carbonyl (C=O) groups is 4. The summed E-state index contributed by atoms with van der Waals surface area (Å²) in [5, 5.41) is 10.7. The Morgan fingerprint density at radius 2 is 1.76 bits per heavy atom. The molecule has 9 nitrogen and oxygen atoms in total. The van der Waals surface area contributed by atoms with Crippen LogP contribution in [-0.4, -0.2) is 53.6 Å². The van der Waals surface area contributed by atoms with Crippen LogP contribution >= 0.6 is 11.8 Å². The first-order chi connectivity index (χ1) is 18.0. The van der Waals surface area contributed by atoms with Crippen LogP contribution in [0.3, 0.4) is 0 Å². The van der Waals surface area contributed by atoms with Crippen molar-refractivity contribution in [2.24, 2.45) is 10.2 Å². The standard InChI is InChI=1S/C27H22N4O5S/c1-36-23(32)16-22-24(33)29-27(37-22)30-28-17-19-13-11-18(12-14-19)8-4-2-3-7-15-31-25(34)20-9-5-6-10-21(20)26(31)35/h5-6,9-14,16-17H,2-3,7,15H2,1H3,(H,29,30,33)/b22-16+,28-17?. The number of esters is 1. The summed E-state index contributed by atoms with van der Waals surface area (Å²) in [7, 11) is 1.23. The van der Waals surface area contributed by atoms with Crippen LogP contribution in [-0.2, 0) is 14.3 Å². The van der Waals surface area contributed by atoms with Crippen molar-refractivity contribution in [2.45, 2.75) is 19.3 Å². The maximum atomic E-state index is 12.4. The van der Waals surface area contributed by atoms with Crippen molar-refractivity contribution in [2.75, 3.05) is 13.7 Å². The number of hydrogen-bond acceptors (Lipinski definition) is 8. The molecule has 2 aliphatic rings. The summed E-state index contributed by atoms with van der Waals surface area (Å²) in [6.07, 6.45) is 4.76. The minimum atomic E-state index is -0.619. The number of ether oxygens (including phenoxy) is 1. The Morgan fingerprint density at radius 1 is 1.05 bits per heavy atom. The Bertz CT molecular complexity index is 1360. The smallest absolute Gasteiger partial charge is 0.331 e. The highest BCUT2D eigenvalue weighted by molar-refractivity contribution is 8.18. The molecule has 0 radical (unpaired) electrons. The molecule has 10 heteroatoms. The highest BCUT2D eigenvalue weighted by atomic mass is 32.2. The van der Waals surface area contributed by atoms with Gasteiger partial charge in [-0.3, -0.25) is 24.6 Å². The van der Waals surface area contributed by atoms with E-state index in [1.807, 2.05) is 24.3 Å². The Hall–Kier alpha value is -4.49. The third-order valence-electron chi connectivity index (χ3n) is 5.41. The quantitative estimate of drug-likeness (QED) is 0.115. The molecular weight excluding hydrogens is 492 g/mol. The molecule has 0 spiro atoms. The molecule has 4 rings (SSSR count). The van der Waals surface area contributed by atoms with E-state index in [0.717, 1.165) is 35.4 Å². The normalized spacial score (nSPS) is 16.8. The fourth-order valence-electron chi connectivity index (χ4n) is 3.53. The van der Waals surface area contributed by atoms with E-state index in [4.69, 9.17) is 0 Å². The number of nitrogens with one attached hydrogen (secondary N) is 1. The van der Waals surface area contributed by atoms with Gasteiger partial charge < -0.3 is 4.74 Å². The molecular formula is C27H22N4O5S. The van der Waals surface area contributed by atoms with Crippen LogP contribution in [0, 0.1) is 11.8 Å². The van der Waals surface area contributed by atoms with E-state index in [1.165, 1.54) is 18.2 Å². The molecule has 0 aliphatic carbocycles. The number of amidine groups is 1. The number of hydrogen-bond donors (Lipinski definition) is 1. The summed E-state index contributed by atoms with van der Waals surface area (Å²) in [6.45, 7) is 0.386. The van der Waals surface area contributed by atoms with Crippen molar-refractivity contribution in [3.63, 3.8) is 0 Å². The summed E-state index contributed by atoms with van der Waals surface area (Å²) < 4.78 is 4.51. The summed E-state index contributed by atoms with van der Waals surface area (Å²) in [5.41, 5.74) is 2.59. The molecule has 2 aromatic rings. The molecule has 1 fully saturated rings. The zero-order valence-corrected chi connectivity index (χ0v) is 20.7. The van der Waals surface area contributed by atoms with Gasteiger partial charge in [-0.2, -0.15) is 5.10 Å². The lowest BCUT2D eigenvalue weighted by atomic mass is 10.1. The molecule has 1 N–H and O–H groups in total. The number of amides is 3. The van der Waals surface area contributed by atoms with Crippen LogP contribution in [0.5, 0.6) is 0 Å². The van der Waals surface area contributed by atoms with Crippen molar-refractivity contribution in [1.29, 1.82) is 0 Å². The van der Waals surface area contributed by atoms with E-state index < -0.39 is 11.9 Å². The Kier molecular flexibility index (Phi) is 8.28. The predicted octanol–water partition coefficient (Wildman–Crippen LogP) is 3.11. The molecule has 37 heavy (non-hydrogen) atoms. The molecule has 0 bridgehead atoms. The van der Waals surface area contributed by atoms with Crippen LogP contribution in [0.4, 0.5) is 0 Å². The third-order valence-corrected chi connectivity index (χ3v) is 6.31. The number of nitrogens with zero attached hydrogens (tertiary/aromatic N) is 3. The average molecular weight is 515 g/mol. The fourth-order valence-corrected chi connectivity index (χ4v) is 4.27. The summed E-state index contributed by atoms with van der Waals surface area (Å²) in [5.74, 6) is 4.71. The topological polar surface area (TPSA) is 118 Å². The number of fused-ring (bicyclic) bond motifs is 1. The van der Waals surface area contributed by atoms with Gasteiger partial charge in [0.05, 0.1) is 29.4 Å². The van der Waals surface area contributed by atoms with E-state index in [2.05, 4.69) is 32.1 Å². The van der Waals surface area contributed by atoms with Crippen LogP contribution < -0.4 is 5.32 Å². The van der Waals surface area contributed by atoms with Gasteiger partial charge in [0.25, 0.3) is 17.7 Å². The molecule has 2 aromatic carbocycles. The number of benzene rings is 2. The highest BCUT2D eigenvalue weighted by Crippen LogP contribution is 2.24. The lowest BCUT2D eigenvalue weighted by molar-refractivity contribution is -0.135. The van der Waals surface area contributed by atoms with Gasteiger partial charge in [0.2, 0.25) is 0 Å². The third kappa shape index (κ3) is 6.39. The maximum Gasteiger partial charge on any atom is 0.331 e. The monoisotopic (exact) mass is 514 g/mol. The van der Waals surface area contributed by atoms with Crippen molar-refractivity contribution in [3.8, 4) is 11.8 Å². The van der Waals surface area contributed by atoms with Gasteiger partial charge in [-0.1, -0.05) is 36.1 Å². The number of thioether (sulfide) groups is 1. The van der Waals surface area contributed by atoms with Gasteiger partial charge >= 0.3 is 5.97 Å². The van der Waals surface area contributed by atoms with Gasteiger partial charge in [0.15, 0.2) is 5.17 Å². The maximum absolute atomic E-state index is 12.4. The number of methoxy groups -OCH3 is 1. The van der Waals surface area contributed by atoms with Crippen molar-refractivity contribution >= 4 is 46.8 Å². The van der Waals surface area contributed by atoms with Crippen LogP contribution in [0.25, 0.3) is 0 Å². The predicted molar refractivity (Wildman–Crippen MR) is 140 cm³/mol. The lowest BCUT2D eigenvalue weighted by Gasteiger charge is -2.12. The van der Waals surface area contributed by atoms with Gasteiger partial charge in [0, 0.05) is 24.6 Å². The SMILES string of the molecule is COC(=O)/C=C1/S/C(=N\N=Cc2ccc(C#CCCCCN3C(=O)c4ccccc4C3=O)cc2)NC1=O. The van der Waals surface area contributed by atoms with E-state index in [0.29, 0.717) is 30.5 Å². The van der Waals surface area contributed by atoms with E-state index in [1.54, 1.807) is 24.3 Å². The van der Waals surface area contributed by atoms with Crippen LogP contribution in [0.1, 0.15) is 51.1 Å². The molecule has 1 saturated heterocycles. The fraction of sp³-hybridized carbons (Fsp3) is 0.185. The molecule has 2 aliphatic heterocycles. The van der Waals surface area contributed by atoms with Crippen LogP contribution in [0.15, 0.2) is 69.7 Å². The highest BCUT2D eigenvalue weighted by Gasteiger charge is 2.34. The molecule has 0 unspecified atom stereocenters. The largest absolute Gasteiger partial charge is 0.466 e. The number of imide groups is 1. The number of rotatable bonds is 7.